The fraction of sp³-hybridized carbons (Fsp3) is 0.240. The molecule has 8 heteroatoms. The molecule has 3 rings (SSSR count). The van der Waals surface area contributed by atoms with Crippen LogP contribution in [-0.4, -0.2) is 38.2 Å². The van der Waals surface area contributed by atoms with E-state index in [2.05, 4.69) is 26.7 Å². The Morgan fingerprint density at radius 2 is 1.61 bits per heavy atom. The van der Waals surface area contributed by atoms with Gasteiger partial charge in [0.05, 0.1) is 33.6 Å². The molecule has 1 heterocycles. The Balaban J connectivity index is 1.91. The first kappa shape index (κ1) is 23.6. The van der Waals surface area contributed by atoms with Gasteiger partial charge in [0.25, 0.3) is 5.91 Å². The molecule has 0 aliphatic carbocycles. The van der Waals surface area contributed by atoms with E-state index in [0.717, 1.165) is 22.5 Å². The van der Waals surface area contributed by atoms with Crippen molar-refractivity contribution in [1.29, 1.82) is 0 Å². The van der Waals surface area contributed by atoms with Gasteiger partial charge in [0.15, 0.2) is 11.5 Å². The Hall–Kier alpha value is -4.07. The fourth-order valence-corrected chi connectivity index (χ4v) is 3.34. The molecule has 0 bridgehead atoms. The minimum absolute atomic E-state index is 0.295. The molecule has 0 fully saturated rings. The maximum absolute atomic E-state index is 13.1. The number of rotatable bonds is 7. The normalized spacial score (nSPS) is 11.0. The number of aryl methyl sites for hydroxylation is 2. The second kappa shape index (κ2) is 11.0. The highest BCUT2D eigenvalue weighted by Gasteiger charge is 2.18. The first-order valence-corrected chi connectivity index (χ1v) is 10.3. The molecule has 3 aromatic rings. The van der Waals surface area contributed by atoms with E-state index < -0.39 is 0 Å². The van der Waals surface area contributed by atoms with Crippen molar-refractivity contribution < 1.29 is 19.0 Å². The third kappa shape index (κ3) is 6.22. The summed E-state index contributed by atoms with van der Waals surface area (Å²) in [4.78, 5) is 22.0. The Morgan fingerprint density at radius 1 is 0.939 bits per heavy atom. The van der Waals surface area contributed by atoms with Crippen molar-refractivity contribution in [3.05, 3.63) is 77.1 Å². The van der Waals surface area contributed by atoms with Crippen LogP contribution in [0.5, 0.6) is 17.2 Å². The molecule has 172 valence electrons. The van der Waals surface area contributed by atoms with E-state index in [9.17, 15) is 4.79 Å². The van der Waals surface area contributed by atoms with Crippen molar-refractivity contribution in [1.82, 2.24) is 10.3 Å². The van der Waals surface area contributed by atoms with Gasteiger partial charge >= 0.3 is 0 Å². The molecular formula is C25H28N4O4. The Bertz CT molecular complexity index is 1100. The van der Waals surface area contributed by atoms with Crippen LogP contribution >= 0.6 is 0 Å². The van der Waals surface area contributed by atoms with Crippen LogP contribution in [0.4, 0.5) is 5.69 Å². The van der Waals surface area contributed by atoms with Crippen molar-refractivity contribution >= 4 is 17.6 Å². The Labute approximate surface area is 193 Å². The average molecular weight is 449 g/mol. The van der Waals surface area contributed by atoms with Crippen molar-refractivity contribution in [3.63, 3.8) is 0 Å². The largest absolute Gasteiger partial charge is 0.493 e. The van der Waals surface area contributed by atoms with Crippen LogP contribution in [0, 0.1) is 13.8 Å². The molecule has 2 aromatic carbocycles. The quantitative estimate of drug-likeness (QED) is 0.417. The topological polar surface area (TPSA) is 94.1 Å². The standard InChI is InChI=1S/C25H28N4O4/c1-16-10-17(2)12-20(11-16)28-25(27-15-19-8-6-7-9-26-19)29-24(30)18-13-21(31-3)23(33-5)22(14-18)32-4/h6-14H,15H2,1-5H3,(H2,27,28,29,30). The lowest BCUT2D eigenvalue weighted by Crippen LogP contribution is -2.36. The van der Waals surface area contributed by atoms with Crippen molar-refractivity contribution in [2.45, 2.75) is 20.4 Å². The summed E-state index contributed by atoms with van der Waals surface area (Å²) in [6, 6.07) is 14.8. The molecule has 0 saturated heterocycles. The van der Waals surface area contributed by atoms with Crippen LogP contribution in [0.1, 0.15) is 27.2 Å². The van der Waals surface area contributed by atoms with Gasteiger partial charge in [-0.3, -0.25) is 15.1 Å². The average Bonchev–Trinajstić information content (AvgIpc) is 2.81. The number of carbonyl (C=O) groups is 1. The Kier molecular flexibility index (Phi) is 7.86. The summed E-state index contributed by atoms with van der Waals surface area (Å²) in [5, 5.41) is 6.07. The number of hydrogen-bond donors (Lipinski definition) is 2. The van der Waals surface area contributed by atoms with Gasteiger partial charge in [-0.1, -0.05) is 12.1 Å². The minimum Gasteiger partial charge on any atom is -0.493 e. The minimum atomic E-state index is -0.383. The van der Waals surface area contributed by atoms with Gasteiger partial charge in [-0.25, -0.2) is 4.99 Å². The summed E-state index contributed by atoms with van der Waals surface area (Å²) in [6.45, 7) is 4.32. The first-order valence-electron chi connectivity index (χ1n) is 10.3. The van der Waals surface area contributed by atoms with Crippen molar-refractivity contribution in [2.24, 2.45) is 4.99 Å². The number of pyridine rings is 1. The van der Waals surface area contributed by atoms with Crippen molar-refractivity contribution in [2.75, 3.05) is 26.6 Å². The summed E-state index contributed by atoms with van der Waals surface area (Å²) < 4.78 is 16.1. The van der Waals surface area contributed by atoms with Gasteiger partial charge in [-0.05, 0) is 61.4 Å². The first-order chi connectivity index (χ1) is 15.9. The monoisotopic (exact) mass is 448 g/mol. The highest BCUT2D eigenvalue weighted by Crippen LogP contribution is 2.38. The molecule has 0 spiro atoms. The summed E-state index contributed by atoms with van der Waals surface area (Å²) in [5.74, 6) is 1.09. The van der Waals surface area contributed by atoms with E-state index in [0.29, 0.717) is 35.3 Å². The fourth-order valence-electron chi connectivity index (χ4n) is 3.34. The van der Waals surface area contributed by atoms with Crippen LogP contribution in [0.3, 0.4) is 0 Å². The number of anilines is 1. The summed E-state index contributed by atoms with van der Waals surface area (Å²) in [5.41, 5.74) is 4.11. The second-order valence-electron chi connectivity index (χ2n) is 7.36. The molecule has 0 radical (unpaired) electrons. The smallest absolute Gasteiger partial charge is 0.258 e. The summed E-state index contributed by atoms with van der Waals surface area (Å²) in [6.07, 6.45) is 1.70. The number of benzene rings is 2. The van der Waals surface area contributed by atoms with E-state index in [4.69, 9.17) is 14.2 Å². The SMILES string of the molecule is COc1cc(C(=O)NC(=NCc2ccccn2)Nc2cc(C)cc(C)c2)cc(OC)c1OC. The molecule has 0 aliphatic rings. The zero-order chi connectivity index (χ0) is 23.8. The van der Waals surface area contributed by atoms with Gasteiger partial charge in [0, 0.05) is 17.4 Å². The molecule has 33 heavy (non-hydrogen) atoms. The molecule has 1 aromatic heterocycles. The summed E-state index contributed by atoms with van der Waals surface area (Å²) >= 11 is 0. The number of aliphatic imine (C=N–C) groups is 1. The van der Waals surface area contributed by atoms with E-state index in [-0.39, 0.29) is 5.91 Å². The molecule has 8 nitrogen and oxygen atoms in total. The van der Waals surface area contributed by atoms with Crippen LogP contribution in [0.15, 0.2) is 59.7 Å². The van der Waals surface area contributed by atoms with E-state index >= 15 is 0 Å². The molecule has 0 atom stereocenters. The van der Waals surface area contributed by atoms with E-state index in [1.54, 1.807) is 18.3 Å². The number of carbonyl (C=O) groups excluding carboxylic acids is 1. The molecule has 0 saturated carbocycles. The number of ether oxygens (including phenoxy) is 3. The van der Waals surface area contributed by atoms with Gasteiger partial charge in [-0.2, -0.15) is 0 Å². The molecule has 2 N–H and O–H groups in total. The second-order valence-corrected chi connectivity index (χ2v) is 7.36. The van der Waals surface area contributed by atoms with Gasteiger partial charge in [0.2, 0.25) is 11.7 Å². The molecular weight excluding hydrogens is 420 g/mol. The van der Waals surface area contributed by atoms with Crippen LogP contribution in [0.2, 0.25) is 0 Å². The third-order valence-corrected chi connectivity index (χ3v) is 4.77. The van der Waals surface area contributed by atoms with Crippen LogP contribution < -0.4 is 24.8 Å². The number of methoxy groups -OCH3 is 3. The highest BCUT2D eigenvalue weighted by atomic mass is 16.5. The van der Waals surface area contributed by atoms with Gasteiger partial charge < -0.3 is 19.5 Å². The lowest BCUT2D eigenvalue weighted by atomic mass is 10.1. The highest BCUT2D eigenvalue weighted by molar-refractivity contribution is 6.10. The lowest BCUT2D eigenvalue weighted by molar-refractivity contribution is 0.0976. The zero-order valence-electron chi connectivity index (χ0n) is 19.4. The van der Waals surface area contributed by atoms with E-state index in [1.165, 1.54) is 21.3 Å². The van der Waals surface area contributed by atoms with Gasteiger partial charge in [-0.15, -0.1) is 0 Å². The maximum Gasteiger partial charge on any atom is 0.258 e. The summed E-state index contributed by atoms with van der Waals surface area (Å²) in [7, 11) is 4.51. The van der Waals surface area contributed by atoms with Gasteiger partial charge in [0.1, 0.15) is 0 Å². The maximum atomic E-state index is 13.1. The number of nitrogens with zero attached hydrogens (tertiary/aromatic N) is 2. The van der Waals surface area contributed by atoms with Crippen LogP contribution in [0.25, 0.3) is 0 Å². The number of hydrogen-bond acceptors (Lipinski definition) is 6. The number of guanidine groups is 1. The zero-order valence-corrected chi connectivity index (χ0v) is 19.4. The number of amides is 1. The Morgan fingerprint density at radius 3 is 2.15 bits per heavy atom. The molecule has 0 unspecified atom stereocenters. The predicted octanol–water partition coefficient (Wildman–Crippen LogP) is 4.12. The van der Waals surface area contributed by atoms with E-state index in [1.807, 2.05) is 44.2 Å². The lowest BCUT2D eigenvalue weighted by Gasteiger charge is -2.16. The number of aromatic nitrogens is 1. The van der Waals surface area contributed by atoms with Crippen molar-refractivity contribution in [3.8, 4) is 17.2 Å². The molecule has 0 aliphatic heterocycles. The third-order valence-electron chi connectivity index (χ3n) is 4.77. The molecule has 1 amide bonds. The predicted molar refractivity (Wildman–Crippen MR) is 128 cm³/mol. The number of nitrogens with one attached hydrogen (secondary N) is 2. The van der Waals surface area contributed by atoms with Crippen LogP contribution in [-0.2, 0) is 6.54 Å².